The lowest BCUT2D eigenvalue weighted by Gasteiger charge is -2.47. The second-order valence-corrected chi connectivity index (χ2v) is 9.55. The molecule has 3 heterocycles. The fourth-order valence-corrected chi connectivity index (χ4v) is 5.66. The number of carbonyl (C=O) groups excluding carboxylic acids is 3. The van der Waals surface area contributed by atoms with Crippen molar-refractivity contribution in [3.05, 3.63) is 48.4 Å². The first-order valence-electron chi connectivity index (χ1n) is 11.3. The Hall–Kier alpha value is -3.40. The molecule has 176 valence electrons. The topological polar surface area (TPSA) is 110 Å². The van der Waals surface area contributed by atoms with Crippen LogP contribution in [0.1, 0.15) is 37.9 Å². The fourth-order valence-electron chi connectivity index (χ4n) is 4.83. The molecule has 1 aliphatic carbocycles. The van der Waals surface area contributed by atoms with Crippen LogP contribution in [0.4, 0.5) is 0 Å². The first-order valence-corrected chi connectivity index (χ1v) is 12.3. The average molecular weight is 480 g/mol. The van der Waals surface area contributed by atoms with E-state index in [2.05, 4.69) is 15.5 Å². The lowest BCUT2D eigenvalue weighted by Crippen LogP contribution is -2.69. The normalized spacial score (nSPS) is 17.7. The van der Waals surface area contributed by atoms with E-state index in [1.54, 1.807) is 6.26 Å². The zero-order valence-electron chi connectivity index (χ0n) is 18.8. The highest BCUT2D eigenvalue weighted by Crippen LogP contribution is 2.37. The number of imide groups is 1. The molecule has 0 atom stereocenters. The molecular weight excluding hydrogens is 454 g/mol. The van der Waals surface area contributed by atoms with Crippen LogP contribution in [0.2, 0.25) is 0 Å². The molecule has 5 rings (SSSR count). The zero-order valence-corrected chi connectivity index (χ0v) is 19.6. The number of aromatic nitrogens is 3. The Morgan fingerprint density at radius 3 is 2.59 bits per heavy atom. The molecule has 1 saturated heterocycles. The fraction of sp³-hybridized carbons (Fsp3) is 0.375. The minimum absolute atomic E-state index is 0.0393. The predicted molar refractivity (Wildman–Crippen MR) is 125 cm³/mol. The number of furan rings is 1. The highest BCUT2D eigenvalue weighted by molar-refractivity contribution is 7.99. The van der Waals surface area contributed by atoms with Gasteiger partial charge in [-0.1, -0.05) is 49.2 Å². The summed E-state index contributed by atoms with van der Waals surface area (Å²) in [6.45, 7) is 1.76. The molecule has 2 aliphatic rings. The van der Waals surface area contributed by atoms with E-state index in [1.807, 2.05) is 47.9 Å². The number of amides is 3. The first-order chi connectivity index (χ1) is 16.5. The summed E-state index contributed by atoms with van der Waals surface area (Å²) in [5, 5.41) is 11.7. The molecule has 0 bridgehead atoms. The van der Waals surface area contributed by atoms with Crippen molar-refractivity contribution in [2.45, 2.75) is 49.7 Å². The number of benzene rings is 1. The van der Waals surface area contributed by atoms with Crippen molar-refractivity contribution >= 4 is 29.5 Å². The standard InChI is InChI=1S/C24H25N5O4S/c1-16-18(10-13-33-16)21-26-27-23(29(21)17-8-4-2-5-9-17)34-15-20(31)28-14-19(30)25-22(32)24(28)11-6-3-7-12-24/h2,4-5,8-10,13H,3,6-7,11-12,14-15H2,1H3,(H,25,30,32). The highest BCUT2D eigenvalue weighted by Gasteiger charge is 2.50. The third-order valence-corrected chi connectivity index (χ3v) is 7.46. The van der Waals surface area contributed by atoms with Crippen molar-refractivity contribution in [1.82, 2.24) is 25.0 Å². The summed E-state index contributed by atoms with van der Waals surface area (Å²) >= 11 is 1.24. The van der Waals surface area contributed by atoms with Gasteiger partial charge in [0.05, 0.1) is 17.6 Å². The average Bonchev–Trinajstić information content (AvgIpc) is 3.46. The van der Waals surface area contributed by atoms with Gasteiger partial charge in [0.2, 0.25) is 11.8 Å². The Morgan fingerprint density at radius 2 is 1.88 bits per heavy atom. The van der Waals surface area contributed by atoms with Gasteiger partial charge in [-0.3, -0.25) is 24.3 Å². The Bertz CT molecular complexity index is 1230. The molecule has 1 spiro atoms. The van der Waals surface area contributed by atoms with E-state index < -0.39 is 11.4 Å². The first kappa shape index (κ1) is 22.4. The molecule has 0 radical (unpaired) electrons. The maximum absolute atomic E-state index is 13.4. The smallest absolute Gasteiger partial charge is 0.252 e. The van der Waals surface area contributed by atoms with Gasteiger partial charge in [0.15, 0.2) is 11.0 Å². The Morgan fingerprint density at radius 1 is 1.12 bits per heavy atom. The van der Waals surface area contributed by atoms with Crippen molar-refractivity contribution in [1.29, 1.82) is 0 Å². The third kappa shape index (κ3) is 3.91. The largest absolute Gasteiger partial charge is 0.469 e. The zero-order chi connectivity index (χ0) is 23.7. The number of rotatable bonds is 5. The lowest BCUT2D eigenvalue weighted by atomic mass is 9.78. The molecule has 1 saturated carbocycles. The van der Waals surface area contributed by atoms with Gasteiger partial charge >= 0.3 is 0 Å². The van der Waals surface area contributed by atoms with E-state index in [0.29, 0.717) is 29.6 Å². The summed E-state index contributed by atoms with van der Waals surface area (Å²) in [4.78, 5) is 39.8. The Labute approximate surface area is 200 Å². The van der Waals surface area contributed by atoms with Crippen LogP contribution >= 0.6 is 11.8 Å². The van der Waals surface area contributed by atoms with Gasteiger partial charge in [-0.05, 0) is 38.0 Å². The molecule has 3 aromatic rings. The van der Waals surface area contributed by atoms with E-state index in [1.165, 1.54) is 16.7 Å². The van der Waals surface area contributed by atoms with Crippen LogP contribution in [-0.4, -0.2) is 55.2 Å². The number of thioether (sulfide) groups is 1. The van der Waals surface area contributed by atoms with Crippen LogP contribution in [-0.2, 0) is 14.4 Å². The van der Waals surface area contributed by atoms with Gasteiger partial charge < -0.3 is 9.32 Å². The Kier molecular flexibility index (Phi) is 5.99. The van der Waals surface area contributed by atoms with Crippen molar-refractivity contribution in [2.24, 2.45) is 0 Å². The molecule has 34 heavy (non-hydrogen) atoms. The predicted octanol–water partition coefficient (Wildman–Crippen LogP) is 3.12. The molecule has 10 heteroatoms. The monoisotopic (exact) mass is 479 g/mol. The molecular formula is C24H25N5O4S. The molecule has 3 amide bonds. The second-order valence-electron chi connectivity index (χ2n) is 8.61. The second kappa shape index (κ2) is 9.09. The van der Waals surface area contributed by atoms with Crippen molar-refractivity contribution in [3.8, 4) is 17.1 Å². The van der Waals surface area contributed by atoms with E-state index in [9.17, 15) is 14.4 Å². The summed E-state index contributed by atoms with van der Waals surface area (Å²) in [5.41, 5.74) is 0.735. The quantitative estimate of drug-likeness (QED) is 0.442. The van der Waals surface area contributed by atoms with Gasteiger partial charge in [-0.2, -0.15) is 0 Å². The number of aryl methyl sites for hydroxylation is 1. The van der Waals surface area contributed by atoms with Gasteiger partial charge in [0.1, 0.15) is 17.8 Å². The number of nitrogens with one attached hydrogen (secondary N) is 1. The SMILES string of the molecule is Cc1occc1-c1nnc(SCC(=O)N2CC(=O)NC(=O)C23CCCCC3)n1-c1ccccc1. The van der Waals surface area contributed by atoms with E-state index in [-0.39, 0.29) is 24.1 Å². The van der Waals surface area contributed by atoms with Crippen LogP contribution in [0.25, 0.3) is 17.1 Å². The maximum Gasteiger partial charge on any atom is 0.252 e. The molecule has 1 aliphatic heterocycles. The van der Waals surface area contributed by atoms with Gasteiger partial charge in [0, 0.05) is 5.69 Å². The van der Waals surface area contributed by atoms with Gasteiger partial charge in [-0.15, -0.1) is 10.2 Å². The number of piperazine rings is 1. The number of hydrogen-bond donors (Lipinski definition) is 1. The van der Waals surface area contributed by atoms with Crippen LogP contribution in [0, 0.1) is 6.92 Å². The van der Waals surface area contributed by atoms with Crippen molar-refractivity contribution in [3.63, 3.8) is 0 Å². The Balaban J connectivity index is 1.43. The minimum atomic E-state index is -0.935. The molecule has 0 unspecified atom stereocenters. The molecule has 2 fully saturated rings. The van der Waals surface area contributed by atoms with Crippen LogP contribution in [0.15, 0.2) is 52.2 Å². The van der Waals surface area contributed by atoms with Crippen molar-refractivity contribution < 1.29 is 18.8 Å². The lowest BCUT2D eigenvalue weighted by molar-refractivity contribution is -0.158. The molecule has 2 aromatic heterocycles. The van der Waals surface area contributed by atoms with Gasteiger partial charge in [0.25, 0.3) is 5.91 Å². The van der Waals surface area contributed by atoms with Crippen LogP contribution < -0.4 is 5.32 Å². The summed E-state index contributed by atoms with van der Waals surface area (Å²) < 4.78 is 7.35. The number of para-hydroxylation sites is 1. The van der Waals surface area contributed by atoms with E-state index in [0.717, 1.165) is 30.5 Å². The highest BCUT2D eigenvalue weighted by atomic mass is 32.2. The third-order valence-electron chi connectivity index (χ3n) is 6.55. The van der Waals surface area contributed by atoms with E-state index in [4.69, 9.17) is 4.42 Å². The van der Waals surface area contributed by atoms with Crippen LogP contribution in [0.5, 0.6) is 0 Å². The molecule has 1 N–H and O–H groups in total. The summed E-state index contributed by atoms with van der Waals surface area (Å²) in [6, 6.07) is 11.5. The summed E-state index contributed by atoms with van der Waals surface area (Å²) in [5.74, 6) is 0.325. The molecule has 1 aromatic carbocycles. The number of carbonyl (C=O) groups is 3. The maximum atomic E-state index is 13.4. The number of hydrogen-bond acceptors (Lipinski definition) is 7. The van der Waals surface area contributed by atoms with Crippen LogP contribution in [0.3, 0.4) is 0 Å². The summed E-state index contributed by atoms with van der Waals surface area (Å²) in [6.07, 6.45) is 5.49. The van der Waals surface area contributed by atoms with Crippen molar-refractivity contribution in [2.75, 3.05) is 12.3 Å². The number of nitrogens with zero attached hydrogens (tertiary/aromatic N) is 4. The van der Waals surface area contributed by atoms with E-state index >= 15 is 0 Å². The molecule has 9 nitrogen and oxygen atoms in total. The minimum Gasteiger partial charge on any atom is -0.469 e. The van der Waals surface area contributed by atoms with Gasteiger partial charge in [-0.25, -0.2) is 0 Å². The summed E-state index contributed by atoms with van der Waals surface area (Å²) in [7, 11) is 0.